The van der Waals surface area contributed by atoms with Gasteiger partial charge in [0.15, 0.2) is 23.3 Å². The zero-order chi connectivity index (χ0) is 63.3. The number of alkyl halides is 3. The normalized spacial score (nSPS) is 9.92. The van der Waals surface area contributed by atoms with Crippen molar-refractivity contribution >= 4 is 119 Å². The number of anilines is 1. The summed E-state index contributed by atoms with van der Waals surface area (Å²) in [6.07, 6.45) is -4.25. The molecule has 444 valence electrons. The maximum atomic E-state index is 12.5. The van der Waals surface area contributed by atoms with Gasteiger partial charge >= 0.3 is 6.18 Å². The lowest BCUT2D eigenvalue weighted by Gasteiger charge is -2.05. The number of rotatable bonds is 0. The third kappa shape index (κ3) is 32.2. The molecule has 0 radical (unpaired) electrons. The first-order valence-electron chi connectivity index (χ1n) is 23.2. The Morgan fingerprint density at radius 1 is 0.313 bits per heavy atom. The molecule has 0 heterocycles. The molecule has 0 unspecified atom stereocenters. The highest BCUT2D eigenvalue weighted by Crippen LogP contribution is 2.29. The van der Waals surface area contributed by atoms with E-state index in [9.17, 15) is 57.1 Å². The number of hydrogen-bond acceptors (Lipinski definition) is 10. The average Bonchev–Trinajstić information content (AvgIpc) is 3.41. The fourth-order valence-electron chi connectivity index (χ4n) is 5.34. The molecule has 1 nitrogen and oxygen atoms in total. The van der Waals surface area contributed by atoms with Gasteiger partial charge < -0.3 is 5.73 Å². The van der Waals surface area contributed by atoms with Crippen molar-refractivity contribution < 1.29 is 57.1 Å². The van der Waals surface area contributed by atoms with Crippen molar-refractivity contribution in [2.24, 2.45) is 0 Å². The lowest BCUT2D eigenvalue weighted by Crippen LogP contribution is -2.03. The molecule has 0 saturated heterocycles. The monoisotopic (exact) mass is 1320 g/mol. The Bertz CT molecular complexity index is 3010. The van der Waals surface area contributed by atoms with Gasteiger partial charge in [0.2, 0.25) is 0 Å². The predicted octanol–water partition coefficient (Wildman–Crippen LogP) is 21.3. The van der Waals surface area contributed by atoms with Crippen LogP contribution in [0.25, 0.3) is 0 Å². The second-order valence-electron chi connectivity index (χ2n) is 16.6. The lowest BCUT2D eigenvalue weighted by molar-refractivity contribution is -0.137. The molecule has 0 aromatic heterocycles. The quantitative estimate of drug-likeness (QED) is 0.0418. The van der Waals surface area contributed by atoms with Crippen LogP contribution in [0.2, 0.25) is 0 Å². The Labute approximate surface area is 524 Å². The number of nitrogens with two attached hydrogens (primary N) is 1. The van der Waals surface area contributed by atoms with Gasteiger partial charge in [0.05, 0.1) is 10.5 Å². The first-order valence-corrected chi connectivity index (χ1v) is 27.3. The van der Waals surface area contributed by atoms with E-state index >= 15 is 0 Å². The fourth-order valence-corrected chi connectivity index (χ4v) is 7.30. The van der Waals surface area contributed by atoms with Crippen molar-refractivity contribution in [1.29, 1.82) is 0 Å². The van der Waals surface area contributed by atoms with Gasteiger partial charge in [0.1, 0.15) is 34.9 Å². The molecule has 9 aromatic carbocycles. The molecule has 0 saturated carbocycles. The van der Waals surface area contributed by atoms with Gasteiger partial charge in [0.25, 0.3) is 0 Å². The molecule has 0 aliphatic rings. The van der Waals surface area contributed by atoms with E-state index in [0.717, 1.165) is 63.4 Å². The Morgan fingerprint density at radius 2 is 0.807 bits per heavy atom. The molecule has 9 aromatic rings. The van der Waals surface area contributed by atoms with Crippen molar-refractivity contribution in [3.8, 4) is 0 Å². The highest BCUT2D eigenvalue weighted by atomic mass is 32.1. The second kappa shape index (κ2) is 38.9. The number of thiol groups is 9. The third-order valence-corrected chi connectivity index (χ3v) is 12.6. The Hall–Kier alpha value is -4.98. The van der Waals surface area contributed by atoms with Crippen LogP contribution in [-0.2, 0) is 6.18 Å². The number of nitrogen functional groups attached to an aromatic ring is 1. The minimum absolute atomic E-state index is 0.0370. The molecule has 2 N–H and O–H groups in total. The van der Waals surface area contributed by atoms with Gasteiger partial charge in [-0.3, -0.25) is 0 Å². The highest BCUT2D eigenvalue weighted by Gasteiger charge is 2.29. The minimum Gasteiger partial charge on any atom is -0.398 e. The van der Waals surface area contributed by atoms with Crippen LogP contribution in [0.4, 0.5) is 62.8 Å². The minimum atomic E-state index is -4.25. The second-order valence-corrected chi connectivity index (χ2v) is 21.1. The van der Waals surface area contributed by atoms with E-state index in [-0.39, 0.29) is 33.1 Å². The van der Waals surface area contributed by atoms with E-state index in [2.05, 4.69) is 140 Å². The largest absolute Gasteiger partial charge is 0.416 e. The summed E-state index contributed by atoms with van der Waals surface area (Å²) < 4.78 is 158. The van der Waals surface area contributed by atoms with Crippen LogP contribution in [0.3, 0.4) is 0 Å². The van der Waals surface area contributed by atoms with Crippen molar-refractivity contribution in [2.45, 2.75) is 84.9 Å². The molecule has 0 amide bonds. The zero-order valence-electron chi connectivity index (χ0n) is 44.2. The first kappa shape index (κ1) is 76.0. The maximum absolute atomic E-state index is 12.5. The van der Waals surface area contributed by atoms with Crippen LogP contribution < -0.4 is 5.73 Å². The van der Waals surface area contributed by atoms with Gasteiger partial charge in [-0.1, -0.05) is 24.3 Å². The molecule has 83 heavy (non-hydrogen) atoms. The molecule has 0 aliphatic carbocycles. The average molecular weight is 1320 g/mol. The van der Waals surface area contributed by atoms with Crippen molar-refractivity contribution in [3.63, 3.8) is 0 Å². The van der Waals surface area contributed by atoms with Crippen molar-refractivity contribution in [1.82, 2.24) is 0 Å². The predicted molar refractivity (Wildman–Crippen MR) is 336 cm³/mol. The molecular weight excluding hydrogens is 1270 g/mol. The summed E-state index contributed by atoms with van der Waals surface area (Å²) in [5.74, 6) is -5.68. The summed E-state index contributed by atoms with van der Waals surface area (Å²) in [7, 11) is 0. The van der Waals surface area contributed by atoms with Crippen LogP contribution >= 0.6 is 114 Å². The smallest absolute Gasteiger partial charge is 0.398 e. The number of hydrogen-bond donors (Lipinski definition) is 10. The van der Waals surface area contributed by atoms with Crippen LogP contribution in [0.1, 0.15) is 33.4 Å². The third-order valence-electron chi connectivity index (χ3n) is 9.72. The van der Waals surface area contributed by atoms with E-state index in [1.54, 1.807) is 31.2 Å². The molecule has 0 atom stereocenters. The molecule has 9 rings (SSSR count). The fraction of sp³-hybridized carbons (Fsp3) is 0.100. The number of aryl methyl sites for hydroxylation is 5. The molecule has 0 bridgehead atoms. The van der Waals surface area contributed by atoms with Gasteiger partial charge in [0, 0.05) is 44.9 Å². The summed E-state index contributed by atoms with van der Waals surface area (Å²) in [5.41, 5.74) is 10.2. The molecule has 0 fully saturated rings. The standard InChI is InChI=1S/C8H10S.C7H5F3S.3C7H7FS.3C6H4F2S.C6H6FNS/c1-6-3-4-8(9)5-7(6)2;8-7(9,10)5-1-3-6(11)4-2-5;1-5-2-6(8)4-7(9)3-5;1-5-4-6(9)2-3-7(5)8;1-5-2-3-6(8)7(9)4-5;7-5-2-1-4(9)3-6(5)8;7-4-2-1-3-5(9)6(4)8;7-4-2-1-3-5(8)6(4)9;7-4-1-2-6(9)5(8)3-4/h3-5,9H,1-2H3;1-4,11H;3*2-4,9H,1H3;3*1-3,9H;1-3,9H,8H2. The SMILES string of the molecule is Cc1cc(F)cc(S)c1.Cc1cc(S)ccc1F.Cc1ccc(F)c(S)c1.Cc1ccc(S)cc1C.FC(F)(F)c1ccc(S)cc1.Fc1ccc(S)cc1F.Fc1cccc(F)c1S.Fc1cccc(S)c1F.Nc1cc(F)ccc1S. The first-order chi connectivity index (χ1) is 38.6. The Kier molecular flexibility index (Phi) is 35.6. The van der Waals surface area contributed by atoms with Crippen LogP contribution in [0, 0.1) is 92.8 Å². The van der Waals surface area contributed by atoms with E-state index in [1.165, 1.54) is 90.0 Å². The summed E-state index contributed by atoms with van der Waals surface area (Å²) in [6.45, 7) is 9.65. The highest BCUT2D eigenvalue weighted by molar-refractivity contribution is 7.81. The number of halogens is 13. The topological polar surface area (TPSA) is 26.0 Å². The van der Waals surface area contributed by atoms with E-state index < -0.39 is 46.6 Å². The van der Waals surface area contributed by atoms with Gasteiger partial charge in [-0.05, 0) is 208 Å². The van der Waals surface area contributed by atoms with E-state index in [4.69, 9.17) is 5.73 Å². The summed E-state index contributed by atoms with van der Waals surface area (Å²) in [5, 5.41) is 0. The van der Waals surface area contributed by atoms with Crippen LogP contribution in [0.15, 0.2) is 214 Å². The molecule has 0 spiro atoms. The van der Waals surface area contributed by atoms with Crippen LogP contribution in [0.5, 0.6) is 0 Å². The van der Waals surface area contributed by atoms with Gasteiger partial charge in [-0.2, -0.15) is 13.2 Å². The molecular formula is C60H54F13NS9. The number of benzene rings is 9. The van der Waals surface area contributed by atoms with Gasteiger partial charge in [-0.15, -0.1) is 114 Å². The van der Waals surface area contributed by atoms with Crippen molar-refractivity contribution in [3.05, 3.63) is 261 Å². The Morgan fingerprint density at radius 3 is 1.20 bits per heavy atom. The zero-order valence-corrected chi connectivity index (χ0v) is 52.2. The molecule has 23 heteroatoms. The maximum Gasteiger partial charge on any atom is 0.416 e. The van der Waals surface area contributed by atoms with Crippen molar-refractivity contribution in [2.75, 3.05) is 5.73 Å². The molecule has 0 aliphatic heterocycles. The van der Waals surface area contributed by atoms with Gasteiger partial charge in [-0.25, -0.2) is 43.9 Å². The van der Waals surface area contributed by atoms with Crippen LogP contribution in [-0.4, -0.2) is 0 Å². The summed E-state index contributed by atoms with van der Waals surface area (Å²) in [4.78, 5) is 4.30. The summed E-state index contributed by atoms with van der Waals surface area (Å²) >= 11 is 34.9. The van der Waals surface area contributed by atoms with E-state index in [0.29, 0.717) is 35.7 Å². The van der Waals surface area contributed by atoms with E-state index in [1.807, 2.05) is 26.0 Å². The summed E-state index contributed by atoms with van der Waals surface area (Å²) in [6, 6.07) is 40.0. The Balaban J connectivity index is 0.000000467. The lowest BCUT2D eigenvalue weighted by atomic mass is 10.1.